The molecule has 1 aromatic heterocycles. The van der Waals surface area contributed by atoms with Gasteiger partial charge in [0.05, 0.1) is 15.8 Å². The van der Waals surface area contributed by atoms with Crippen LogP contribution in [0.5, 0.6) is 0 Å². The predicted molar refractivity (Wildman–Crippen MR) is 100 cm³/mol. The van der Waals surface area contributed by atoms with E-state index in [-0.39, 0.29) is 21.4 Å². The molecular weight excluding hydrogens is 350 g/mol. The average molecular weight is 369 g/mol. The summed E-state index contributed by atoms with van der Waals surface area (Å²) in [4.78, 5) is 17.5. The topological polar surface area (TPSA) is 81.1 Å². The van der Waals surface area contributed by atoms with Crippen LogP contribution < -0.4 is 10.3 Å². The van der Waals surface area contributed by atoms with Gasteiger partial charge in [-0.15, -0.1) is 0 Å². The molecule has 1 aliphatic carbocycles. The Morgan fingerprint density at radius 2 is 1.81 bits per heavy atom. The van der Waals surface area contributed by atoms with Gasteiger partial charge in [-0.05, 0) is 38.0 Å². The highest BCUT2D eigenvalue weighted by Gasteiger charge is 2.41. The van der Waals surface area contributed by atoms with Crippen molar-refractivity contribution in [3.8, 4) is 11.4 Å². The first-order valence-electron chi connectivity index (χ1n) is 8.39. The van der Waals surface area contributed by atoms with Crippen molar-refractivity contribution in [3.05, 3.63) is 58.9 Å². The first kappa shape index (κ1) is 16.9. The zero-order chi connectivity index (χ0) is 18.5. The van der Waals surface area contributed by atoms with Crippen LogP contribution in [-0.4, -0.2) is 23.5 Å². The molecular formula is C19H19N3O3S. The number of nitrogens with one attached hydrogen (secondary N) is 1. The number of rotatable bonds is 4. The Kier molecular flexibility index (Phi) is 3.75. The monoisotopic (exact) mass is 369 g/mol. The second-order valence-electron chi connectivity index (χ2n) is 7.01. The first-order chi connectivity index (χ1) is 12.3. The molecule has 0 aliphatic heterocycles. The normalized spacial score (nSPS) is 15.9. The fourth-order valence-electron chi connectivity index (χ4n) is 2.94. The van der Waals surface area contributed by atoms with Gasteiger partial charge in [0.25, 0.3) is 5.56 Å². The van der Waals surface area contributed by atoms with E-state index in [9.17, 15) is 13.2 Å². The highest BCUT2D eigenvalue weighted by atomic mass is 32.2. The summed E-state index contributed by atoms with van der Waals surface area (Å²) >= 11 is 0. The van der Waals surface area contributed by atoms with Gasteiger partial charge in [-0.2, -0.15) is 0 Å². The molecule has 0 spiro atoms. The molecule has 26 heavy (non-hydrogen) atoms. The molecule has 0 bridgehead atoms. The molecule has 1 aliphatic rings. The quantitative estimate of drug-likeness (QED) is 0.766. The van der Waals surface area contributed by atoms with E-state index >= 15 is 0 Å². The fourth-order valence-corrected chi connectivity index (χ4v) is 4.43. The lowest BCUT2D eigenvalue weighted by molar-refractivity contribution is 0.558. The smallest absolute Gasteiger partial charge is 0.261 e. The summed E-state index contributed by atoms with van der Waals surface area (Å²) in [5.41, 5.74) is 0.662. The third-order valence-electron chi connectivity index (χ3n) is 4.77. The van der Waals surface area contributed by atoms with Crippen molar-refractivity contribution in [2.75, 3.05) is 0 Å². The van der Waals surface area contributed by atoms with Crippen LogP contribution >= 0.6 is 0 Å². The van der Waals surface area contributed by atoms with Crippen LogP contribution in [-0.2, 0) is 17.1 Å². The Hall–Kier alpha value is -2.51. The van der Waals surface area contributed by atoms with Crippen LogP contribution in [0.1, 0.15) is 19.8 Å². The molecule has 0 amide bonds. The maximum Gasteiger partial charge on any atom is 0.261 e. The molecule has 2 aromatic carbocycles. The maximum atomic E-state index is 12.8. The summed E-state index contributed by atoms with van der Waals surface area (Å²) in [6, 6.07) is 13.9. The molecule has 0 unspecified atom stereocenters. The van der Waals surface area contributed by atoms with Gasteiger partial charge in [-0.3, -0.25) is 9.36 Å². The lowest BCUT2D eigenvalue weighted by atomic mass is 10.2. The van der Waals surface area contributed by atoms with Crippen molar-refractivity contribution >= 4 is 20.9 Å². The van der Waals surface area contributed by atoms with Gasteiger partial charge >= 0.3 is 0 Å². The van der Waals surface area contributed by atoms with Crippen LogP contribution in [0, 0.1) is 0 Å². The summed E-state index contributed by atoms with van der Waals surface area (Å²) in [7, 11) is -2.02. The average Bonchev–Trinajstić information content (AvgIpc) is 3.34. The summed E-state index contributed by atoms with van der Waals surface area (Å²) in [6.45, 7) is 1.87. The van der Waals surface area contributed by atoms with Crippen LogP contribution in [0.3, 0.4) is 0 Å². The molecule has 4 rings (SSSR count). The van der Waals surface area contributed by atoms with Crippen molar-refractivity contribution in [2.24, 2.45) is 7.05 Å². The summed E-state index contributed by atoms with van der Waals surface area (Å²) in [5.74, 6) is 0.544. The van der Waals surface area contributed by atoms with E-state index in [2.05, 4.69) is 9.71 Å². The lowest BCUT2D eigenvalue weighted by Gasteiger charge is -2.13. The maximum absolute atomic E-state index is 12.8. The van der Waals surface area contributed by atoms with Crippen molar-refractivity contribution in [1.29, 1.82) is 0 Å². The van der Waals surface area contributed by atoms with Crippen LogP contribution in [0.2, 0.25) is 0 Å². The predicted octanol–water partition coefficient (Wildman–Crippen LogP) is 2.43. The van der Waals surface area contributed by atoms with Gasteiger partial charge in [0.2, 0.25) is 10.0 Å². The van der Waals surface area contributed by atoms with Crippen molar-refractivity contribution in [3.63, 3.8) is 0 Å². The van der Waals surface area contributed by atoms with Gasteiger partial charge in [-0.25, -0.2) is 18.1 Å². The SMILES string of the molecule is Cn1c(-c2ccccc2)nc2ccc(S(=O)(=O)NC3(C)CC3)cc2c1=O. The number of aromatic nitrogens is 2. The van der Waals surface area contributed by atoms with Crippen LogP contribution in [0.15, 0.2) is 58.2 Å². The third kappa shape index (κ3) is 2.93. The number of hydrogen-bond acceptors (Lipinski definition) is 4. The van der Waals surface area contributed by atoms with Crippen molar-refractivity contribution < 1.29 is 8.42 Å². The standard InChI is InChI=1S/C19H19N3O3S/c1-19(10-11-19)21-26(24,25)14-8-9-16-15(12-14)18(23)22(2)17(20-16)13-6-4-3-5-7-13/h3-9,12,21H,10-11H2,1-2H3. The van der Waals surface area contributed by atoms with Crippen LogP contribution in [0.25, 0.3) is 22.3 Å². The van der Waals surface area contributed by atoms with Gasteiger partial charge in [0.1, 0.15) is 5.82 Å². The molecule has 1 fully saturated rings. The number of hydrogen-bond donors (Lipinski definition) is 1. The van der Waals surface area contributed by atoms with Gasteiger partial charge in [0, 0.05) is 18.2 Å². The fraction of sp³-hybridized carbons (Fsp3) is 0.263. The second-order valence-corrected chi connectivity index (χ2v) is 8.69. The van der Waals surface area contributed by atoms with E-state index in [4.69, 9.17) is 0 Å². The van der Waals surface area contributed by atoms with E-state index in [1.165, 1.54) is 16.7 Å². The Bertz CT molecular complexity index is 1160. The molecule has 134 valence electrons. The van der Waals surface area contributed by atoms with E-state index in [0.717, 1.165) is 18.4 Å². The Labute approximate surface area is 151 Å². The van der Waals surface area contributed by atoms with E-state index in [1.807, 2.05) is 37.3 Å². The lowest BCUT2D eigenvalue weighted by Crippen LogP contribution is -2.34. The van der Waals surface area contributed by atoms with Crippen LogP contribution in [0.4, 0.5) is 0 Å². The molecule has 1 N–H and O–H groups in total. The Morgan fingerprint density at radius 3 is 2.46 bits per heavy atom. The summed E-state index contributed by atoms with van der Waals surface area (Å²) in [5, 5.41) is 0.288. The Balaban J connectivity index is 1.85. The number of fused-ring (bicyclic) bond motifs is 1. The summed E-state index contributed by atoms with van der Waals surface area (Å²) in [6.07, 6.45) is 1.65. The zero-order valence-corrected chi connectivity index (χ0v) is 15.4. The molecule has 7 heteroatoms. The molecule has 6 nitrogen and oxygen atoms in total. The molecule has 0 saturated heterocycles. The molecule has 0 radical (unpaired) electrons. The summed E-state index contributed by atoms with van der Waals surface area (Å²) < 4.78 is 29.3. The molecule has 0 atom stereocenters. The minimum absolute atomic E-state index is 0.0875. The van der Waals surface area contributed by atoms with Gasteiger partial charge < -0.3 is 0 Å². The number of nitrogens with zero attached hydrogens (tertiary/aromatic N) is 2. The number of sulfonamides is 1. The minimum atomic E-state index is -3.66. The molecule has 1 heterocycles. The third-order valence-corrected chi connectivity index (χ3v) is 6.41. The largest absolute Gasteiger partial charge is 0.295 e. The number of benzene rings is 2. The Morgan fingerprint density at radius 1 is 1.12 bits per heavy atom. The first-order valence-corrected chi connectivity index (χ1v) is 9.88. The second kappa shape index (κ2) is 5.75. The van der Waals surface area contributed by atoms with E-state index in [1.54, 1.807) is 13.1 Å². The highest BCUT2D eigenvalue weighted by molar-refractivity contribution is 7.89. The van der Waals surface area contributed by atoms with Gasteiger partial charge in [0.15, 0.2) is 0 Å². The highest BCUT2D eigenvalue weighted by Crippen LogP contribution is 2.36. The van der Waals surface area contributed by atoms with Crippen molar-refractivity contribution in [2.45, 2.75) is 30.2 Å². The van der Waals surface area contributed by atoms with Crippen molar-refractivity contribution in [1.82, 2.24) is 14.3 Å². The minimum Gasteiger partial charge on any atom is -0.295 e. The van der Waals surface area contributed by atoms with E-state index < -0.39 is 10.0 Å². The van der Waals surface area contributed by atoms with Gasteiger partial charge in [-0.1, -0.05) is 30.3 Å². The van der Waals surface area contributed by atoms with E-state index in [0.29, 0.717) is 11.3 Å². The zero-order valence-electron chi connectivity index (χ0n) is 14.6. The molecule has 1 saturated carbocycles. The molecule has 3 aromatic rings.